The molecule has 1 amide bonds. The van der Waals surface area contributed by atoms with E-state index in [1.165, 1.54) is 23.9 Å². The van der Waals surface area contributed by atoms with Crippen molar-refractivity contribution < 1.29 is 17.6 Å². The van der Waals surface area contributed by atoms with E-state index < -0.39 is 21.7 Å². The van der Waals surface area contributed by atoms with Gasteiger partial charge in [0.25, 0.3) is 5.91 Å². The number of amides is 1. The van der Waals surface area contributed by atoms with Crippen molar-refractivity contribution in [3.63, 3.8) is 0 Å². The molecule has 0 N–H and O–H groups in total. The number of aliphatic imine (C=N–C) groups is 1. The predicted molar refractivity (Wildman–Crippen MR) is 115 cm³/mol. The molecular weight excluding hydrogens is 458 g/mol. The highest BCUT2D eigenvalue weighted by molar-refractivity contribution is 8.16. The molecule has 2 saturated heterocycles. The van der Waals surface area contributed by atoms with Crippen molar-refractivity contribution in [2.75, 3.05) is 16.4 Å². The highest BCUT2D eigenvalue weighted by atomic mass is 35.5. The lowest BCUT2D eigenvalue weighted by Crippen LogP contribution is -2.37. The molecule has 0 saturated carbocycles. The molecule has 2 aromatic carbocycles. The second-order valence-corrected chi connectivity index (χ2v) is 11.1. The number of amidine groups is 1. The van der Waals surface area contributed by atoms with E-state index in [9.17, 15) is 17.6 Å². The molecule has 2 aliphatic rings. The molecule has 0 bridgehead atoms. The van der Waals surface area contributed by atoms with Gasteiger partial charge in [-0.1, -0.05) is 47.1 Å². The van der Waals surface area contributed by atoms with Crippen molar-refractivity contribution in [3.05, 3.63) is 63.9 Å². The first-order valence-electron chi connectivity index (χ1n) is 8.69. The molecule has 10 heteroatoms. The number of halogens is 3. The number of carbonyl (C=O) groups is 1. The van der Waals surface area contributed by atoms with Crippen LogP contribution in [0.25, 0.3) is 0 Å². The molecule has 2 aromatic rings. The molecule has 5 nitrogen and oxygen atoms in total. The van der Waals surface area contributed by atoms with Crippen molar-refractivity contribution >= 4 is 61.6 Å². The van der Waals surface area contributed by atoms with Crippen LogP contribution in [-0.2, 0) is 21.1 Å². The zero-order valence-corrected chi connectivity index (χ0v) is 18.0. The van der Waals surface area contributed by atoms with E-state index in [0.717, 1.165) is 5.56 Å². The Morgan fingerprint density at radius 1 is 1.17 bits per heavy atom. The number of hydrogen-bond donors (Lipinski definition) is 0. The van der Waals surface area contributed by atoms with Gasteiger partial charge in [-0.3, -0.25) is 4.79 Å². The summed E-state index contributed by atoms with van der Waals surface area (Å²) in [5.74, 6) is -1.07. The van der Waals surface area contributed by atoms with Gasteiger partial charge in [-0.25, -0.2) is 12.8 Å². The second-order valence-electron chi connectivity index (χ2n) is 6.86. The lowest BCUT2D eigenvalue weighted by atomic mass is 10.1. The summed E-state index contributed by atoms with van der Waals surface area (Å²) in [4.78, 5) is 18.4. The standard InChI is InChI=1S/C19H15Cl2FN2O3S2/c20-12-3-1-11(2-4-12)7-18(25)23-19-24(13-5-6-14(21)15(22)8-13)16-9-29(26,27)10-17(16)28-19/h1-6,8,16-17H,7,9-10H2/t16-,17+/m0/s1. The third-order valence-corrected chi connectivity index (χ3v) is 8.51. The fourth-order valence-electron chi connectivity index (χ4n) is 3.42. The van der Waals surface area contributed by atoms with Gasteiger partial charge >= 0.3 is 0 Å². The quantitative estimate of drug-likeness (QED) is 0.675. The van der Waals surface area contributed by atoms with E-state index in [0.29, 0.717) is 15.9 Å². The molecule has 29 heavy (non-hydrogen) atoms. The van der Waals surface area contributed by atoms with Gasteiger partial charge in [0, 0.05) is 16.0 Å². The number of hydrogen-bond acceptors (Lipinski definition) is 4. The number of carbonyl (C=O) groups excluding carboxylic acids is 1. The summed E-state index contributed by atoms with van der Waals surface area (Å²) in [5, 5.41) is 0.647. The minimum atomic E-state index is -3.20. The Bertz CT molecular complexity index is 1110. The van der Waals surface area contributed by atoms with Crippen LogP contribution in [0.2, 0.25) is 10.0 Å². The molecule has 2 atom stereocenters. The van der Waals surface area contributed by atoms with Crippen molar-refractivity contribution in [2.45, 2.75) is 17.7 Å². The van der Waals surface area contributed by atoms with Crippen LogP contribution in [0.5, 0.6) is 0 Å². The van der Waals surface area contributed by atoms with Crippen molar-refractivity contribution in [1.82, 2.24) is 0 Å². The Hall–Kier alpha value is -1.61. The van der Waals surface area contributed by atoms with E-state index in [1.54, 1.807) is 35.2 Å². The van der Waals surface area contributed by atoms with Gasteiger partial charge in [0.05, 0.1) is 29.0 Å². The number of nitrogens with zero attached hydrogens (tertiary/aromatic N) is 2. The minimum absolute atomic E-state index is 0.000694. The van der Waals surface area contributed by atoms with Crippen LogP contribution >= 0.6 is 35.0 Å². The molecule has 2 aliphatic heterocycles. The molecule has 2 fully saturated rings. The largest absolute Gasteiger partial charge is 0.315 e. The van der Waals surface area contributed by atoms with Crippen molar-refractivity contribution in [3.8, 4) is 0 Å². The molecule has 4 rings (SSSR count). The average Bonchev–Trinajstić information content (AvgIpc) is 3.10. The zero-order chi connectivity index (χ0) is 20.8. The summed E-state index contributed by atoms with van der Waals surface area (Å²) < 4.78 is 38.2. The molecule has 0 aliphatic carbocycles. The van der Waals surface area contributed by atoms with Crippen molar-refractivity contribution in [2.24, 2.45) is 4.99 Å². The third-order valence-electron chi connectivity index (χ3n) is 4.74. The summed E-state index contributed by atoms with van der Waals surface area (Å²) in [5.41, 5.74) is 1.18. The molecule has 0 aromatic heterocycles. The first kappa shape index (κ1) is 20.7. The monoisotopic (exact) mass is 472 g/mol. The molecule has 152 valence electrons. The van der Waals surface area contributed by atoms with Crippen LogP contribution in [0.1, 0.15) is 5.56 Å². The normalized spacial score (nSPS) is 24.1. The van der Waals surface area contributed by atoms with Crippen LogP contribution in [0.3, 0.4) is 0 Å². The van der Waals surface area contributed by atoms with Gasteiger partial charge in [-0.15, -0.1) is 0 Å². The molecule has 2 heterocycles. The third kappa shape index (κ3) is 4.45. The number of rotatable bonds is 3. The van der Waals surface area contributed by atoms with Crippen molar-refractivity contribution in [1.29, 1.82) is 0 Å². The summed E-state index contributed by atoms with van der Waals surface area (Å²) in [6.45, 7) is 0. The van der Waals surface area contributed by atoms with Crippen LogP contribution in [0.15, 0.2) is 47.5 Å². The van der Waals surface area contributed by atoms with Crippen LogP contribution in [0.4, 0.5) is 10.1 Å². The van der Waals surface area contributed by atoms with E-state index in [-0.39, 0.29) is 34.1 Å². The maximum atomic E-state index is 14.0. The van der Waals surface area contributed by atoms with Crippen LogP contribution in [-0.4, -0.2) is 42.3 Å². The first-order valence-corrected chi connectivity index (χ1v) is 12.1. The Balaban J connectivity index is 1.65. The Labute approximate surface area is 181 Å². The highest BCUT2D eigenvalue weighted by Gasteiger charge is 2.49. The molecule has 0 spiro atoms. The fourth-order valence-corrected chi connectivity index (χ4v) is 7.60. The molecular formula is C19H15Cl2FN2O3S2. The maximum Gasteiger partial charge on any atom is 0.252 e. The number of sulfone groups is 1. The van der Waals surface area contributed by atoms with Gasteiger partial charge < -0.3 is 4.90 Å². The number of thioether (sulfide) groups is 1. The Morgan fingerprint density at radius 2 is 1.90 bits per heavy atom. The molecule has 0 unspecified atom stereocenters. The van der Waals surface area contributed by atoms with Gasteiger partial charge in [-0.2, -0.15) is 4.99 Å². The summed E-state index contributed by atoms with van der Waals surface area (Å²) in [7, 11) is -3.20. The number of fused-ring (bicyclic) bond motifs is 1. The topological polar surface area (TPSA) is 66.8 Å². The SMILES string of the molecule is O=C(Cc1ccc(Cl)cc1)N=C1S[C@@H]2CS(=O)(=O)C[C@@H]2N1c1ccc(Cl)c(F)c1. The Kier molecular flexibility index (Phi) is 5.63. The summed E-state index contributed by atoms with van der Waals surface area (Å²) in [6, 6.07) is 10.7. The second kappa shape index (κ2) is 7.91. The van der Waals surface area contributed by atoms with E-state index in [2.05, 4.69) is 4.99 Å². The lowest BCUT2D eigenvalue weighted by molar-refractivity contribution is -0.117. The van der Waals surface area contributed by atoms with Gasteiger partial charge in [0.15, 0.2) is 15.0 Å². The van der Waals surface area contributed by atoms with Gasteiger partial charge in [0.2, 0.25) is 0 Å². The highest BCUT2D eigenvalue weighted by Crippen LogP contribution is 2.41. The van der Waals surface area contributed by atoms with Crippen LogP contribution in [0, 0.1) is 5.82 Å². The first-order chi connectivity index (χ1) is 13.7. The fraction of sp³-hybridized carbons (Fsp3) is 0.263. The van der Waals surface area contributed by atoms with Crippen LogP contribution < -0.4 is 4.90 Å². The minimum Gasteiger partial charge on any atom is -0.315 e. The summed E-state index contributed by atoms with van der Waals surface area (Å²) >= 11 is 12.9. The predicted octanol–water partition coefficient (Wildman–Crippen LogP) is 3.98. The van der Waals surface area contributed by atoms with Gasteiger partial charge in [-0.05, 0) is 35.9 Å². The smallest absolute Gasteiger partial charge is 0.252 e. The maximum absolute atomic E-state index is 14.0. The summed E-state index contributed by atoms with van der Waals surface area (Å²) in [6.07, 6.45) is 0.0810. The van der Waals surface area contributed by atoms with E-state index >= 15 is 0 Å². The zero-order valence-electron chi connectivity index (χ0n) is 14.9. The molecule has 0 radical (unpaired) electrons. The average molecular weight is 473 g/mol. The Morgan fingerprint density at radius 3 is 2.59 bits per heavy atom. The van der Waals surface area contributed by atoms with Gasteiger partial charge in [0.1, 0.15) is 5.82 Å². The van der Waals surface area contributed by atoms with E-state index in [1.807, 2.05) is 0 Å². The number of benzene rings is 2. The number of anilines is 1. The van der Waals surface area contributed by atoms with E-state index in [4.69, 9.17) is 23.2 Å². The lowest BCUT2D eigenvalue weighted by Gasteiger charge is -2.24.